The summed E-state index contributed by atoms with van der Waals surface area (Å²) in [6.07, 6.45) is 1.33. The van der Waals surface area contributed by atoms with E-state index in [9.17, 15) is 8.42 Å². The minimum absolute atomic E-state index is 0.166. The monoisotopic (exact) mass is 350 g/mol. The van der Waals surface area contributed by atoms with Crippen LogP contribution in [0.5, 0.6) is 0 Å². The van der Waals surface area contributed by atoms with E-state index in [0.717, 1.165) is 5.76 Å². The van der Waals surface area contributed by atoms with E-state index in [4.69, 9.17) is 4.42 Å². The lowest BCUT2D eigenvalue weighted by Crippen LogP contribution is -2.30. The van der Waals surface area contributed by atoms with Gasteiger partial charge in [0.25, 0.3) is 0 Å². The number of anilines is 1. The summed E-state index contributed by atoms with van der Waals surface area (Å²) in [5.41, 5.74) is 3.47. The van der Waals surface area contributed by atoms with Crippen molar-refractivity contribution >= 4 is 21.6 Å². The van der Waals surface area contributed by atoms with Crippen LogP contribution in [0, 0.1) is 6.92 Å². The molecular formula is C16H22N4O3S. The molecule has 2 heterocycles. The number of pyridine rings is 1. The molecule has 0 atom stereocenters. The Labute approximate surface area is 142 Å². The molecule has 2 aromatic heterocycles. The van der Waals surface area contributed by atoms with E-state index in [0.29, 0.717) is 30.4 Å². The van der Waals surface area contributed by atoms with Crippen LogP contribution in [0.2, 0.25) is 0 Å². The largest absolute Gasteiger partial charge is 0.460 e. The molecule has 130 valence electrons. The predicted molar refractivity (Wildman–Crippen MR) is 93.6 cm³/mol. The van der Waals surface area contributed by atoms with Crippen molar-refractivity contribution in [3.63, 3.8) is 0 Å². The molecule has 24 heavy (non-hydrogen) atoms. The highest BCUT2D eigenvalue weighted by Gasteiger charge is 2.21. The molecule has 2 rings (SSSR count). The fourth-order valence-corrected chi connectivity index (χ4v) is 3.54. The molecule has 0 aliphatic heterocycles. The summed E-state index contributed by atoms with van der Waals surface area (Å²) in [4.78, 5) is 4.28. The lowest BCUT2D eigenvalue weighted by atomic mass is 10.3. The molecule has 0 spiro atoms. The van der Waals surface area contributed by atoms with E-state index in [2.05, 4.69) is 15.5 Å². The quantitative estimate of drug-likeness (QED) is 0.613. The van der Waals surface area contributed by atoms with Gasteiger partial charge in [-0.25, -0.2) is 13.4 Å². The van der Waals surface area contributed by atoms with Crippen molar-refractivity contribution < 1.29 is 12.8 Å². The van der Waals surface area contributed by atoms with Gasteiger partial charge >= 0.3 is 0 Å². The van der Waals surface area contributed by atoms with Crippen molar-refractivity contribution in [2.24, 2.45) is 5.10 Å². The molecule has 0 amide bonds. The summed E-state index contributed by atoms with van der Waals surface area (Å²) in [7, 11) is -3.50. The molecule has 0 radical (unpaired) electrons. The second kappa shape index (κ2) is 7.59. The Balaban J connectivity index is 2.12. The summed E-state index contributed by atoms with van der Waals surface area (Å²) >= 11 is 0. The fourth-order valence-electron chi connectivity index (χ4n) is 2.14. The van der Waals surface area contributed by atoms with Crippen LogP contribution < -0.4 is 5.43 Å². The minimum Gasteiger partial charge on any atom is -0.460 e. The number of aromatic nitrogens is 1. The third-order valence-corrected chi connectivity index (χ3v) is 5.55. The zero-order chi connectivity index (χ0) is 17.7. The number of hydrazone groups is 1. The molecule has 7 nitrogen and oxygen atoms in total. The zero-order valence-electron chi connectivity index (χ0n) is 14.3. The molecule has 0 aliphatic rings. The van der Waals surface area contributed by atoms with Gasteiger partial charge in [0.05, 0.1) is 0 Å². The van der Waals surface area contributed by atoms with E-state index < -0.39 is 10.0 Å². The first kappa shape index (κ1) is 18.2. The van der Waals surface area contributed by atoms with E-state index in [1.165, 1.54) is 16.6 Å². The highest BCUT2D eigenvalue weighted by Crippen LogP contribution is 2.16. The Bertz CT molecular complexity index is 806. The maximum absolute atomic E-state index is 12.4. The first-order valence-electron chi connectivity index (χ1n) is 7.71. The van der Waals surface area contributed by atoms with Gasteiger partial charge in [-0.2, -0.15) is 9.41 Å². The molecule has 0 aliphatic carbocycles. The van der Waals surface area contributed by atoms with Crippen molar-refractivity contribution in [1.29, 1.82) is 0 Å². The van der Waals surface area contributed by atoms with E-state index in [1.54, 1.807) is 19.9 Å². The molecule has 0 aromatic carbocycles. The van der Waals surface area contributed by atoms with Crippen LogP contribution in [0.15, 0.2) is 44.9 Å². The summed E-state index contributed by atoms with van der Waals surface area (Å²) in [5.74, 6) is 1.93. The van der Waals surface area contributed by atoms with E-state index >= 15 is 0 Å². The highest BCUT2D eigenvalue weighted by atomic mass is 32.2. The molecule has 0 bridgehead atoms. The van der Waals surface area contributed by atoms with Gasteiger partial charge in [0.15, 0.2) is 0 Å². The second-order valence-corrected chi connectivity index (χ2v) is 7.13. The van der Waals surface area contributed by atoms with E-state index in [1.807, 2.05) is 26.0 Å². The van der Waals surface area contributed by atoms with Crippen LogP contribution in [0.4, 0.5) is 5.82 Å². The molecule has 2 aromatic rings. The van der Waals surface area contributed by atoms with Gasteiger partial charge in [0.1, 0.15) is 27.9 Å². The van der Waals surface area contributed by atoms with Crippen molar-refractivity contribution in [3.05, 3.63) is 42.0 Å². The topological polar surface area (TPSA) is 87.8 Å². The number of sulfonamides is 1. The number of rotatable bonds is 7. The summed E-state index contributed by atoms with van der Waals surface area (Å²) < 4.78 is 31.6. The predicted octanol–water partition coefficient (Wildman–Crippen LogP) is 2.85. The first-order valence-corrected chi connectivity index (χ1v) is 9.15. The van der Waals surface area contributed by atoms with Gasteiger partial charge in [-0.05, 0) is 38.1 Å². The lowest BCUT2D eigenvalue weighted by Gasteiger charge is -2.18. The molecular weight excluding hydrogens is 328 g/mol. The van der Waals surface area contributed by atoms with Gasteiger partial charge in [-0.3, -0.25) is 5.43 Å². The Morgan fingerprint density at radius 1 is 1.25 bits per heavy atom. The van der Waals surface area contributed by atoms with Crippen molar-refractivity contribution in [2.45, 2.75) is 32.6 Å². The average molecular weight is 350 g/mol. The van der Waals surface area contributed by atoms with Crippen molar-refractivity contribution in [1.82, 2.24) is 9.29 Å². The van der Waals surface area contributed by atoms with Crippen molar-refractivity contribution in [3.8, 4) is 0 Å². The molecule has 0 saturated carbocycles. The zero-order valence-corrected chi connectivity index (χ0v) is 15.1. The van der Waals surface area contributed by atoms with E-state index in [-0.39, 0.29) is 4.90 Å². The molecule has 0 fully saturated rings. The molecule has 8 heteroatoms. The van der Waals surface area contributed by atoms with Crippen LogP contribution in [0.1, 0.15) is 32.3 Å². The van der Waals surface area contributed by atoms with Crippen LogP contribution in [-0.2, 0) is 10.0 Å². The number of nitrogens with one attached hydrogen (secondary N) is 1. The number of hydrogen-bond donors (Lipinski definition) is 1. The SMILES string of the molecule is CCN(CC)S(=O)(=O)c1ccc(NN=C(C)c2ccc(C)o2)nc1. The Morgan fingerprint density at radius 2 is 1.96 bits per heavy atom. The van der Waals surface area contributed by atoms with Crippen LogP contribution >= 0.6 is 0 Å². The normalized spacial score (nSPS) is 12.6. The second-order valence-electron chi connectivity index (χ2n) is 5.19. The van der Waals surface area contributed by atoms with Gasteiger partial charge < -0.3 is 4.42 Å². The summed E-state index contributed by atoms with van der Waals surface area (Å²) in [5, 5.41) is 4.19. The van der Waals surface area contributed by atoms with Gasteiger partial charge in [0.2, 0.25) is 10.0 Å². The average Bonchev–Trinajstić information content (AvgIpc) is 3.00. The third kappa shape index (κ3) is 4.01. The van der Waals surface area contributed by atoms with Gasteiger partial charge in [-0.1, -0.05) is 13.8 Å². The molecule has 1 N–H and O–H groups in total. The molecule has 0 unspecified atom stereocenters. The Hall–Kier alpha value is -2.19. The maximum atomic E-state index is 12.4. The maximum Gasteiger partial charge on any atom is 0.244 e. The number of nitrogens with zero attached hydrogens (tertiary/aromatic N) is 3. The number of furan rings is 1. The van der Waals surface area contributed by atoms with Crippen LogP contribution in [-0.4, -0.2) is 36.5 Å². The van der Waals surface area contributed by atoms with Gasteiger partial charge in [-0.15, -0.1) is 0 Å². The van der Waals surface area contributed by atoms with Gasteiger partial charge in [0, 0.05) is 19.3 Å². The lowest BCUT2D eigenvalue weighted by molar-refractivity contribution is 0.445. The fraction of sp³-hybridized carbons (Fsp3) is 0.375. The number of aryl methyl sites for hydroxylation is 1. The number of hydrogen-bond acceptors (Lipinski definition) is 6. The Morgan fingerprint density at radius 3 is 2.46 bits per heavy atom. The summed E-state index contributed by atoms with van der Waals surface area (Å²) in [6, 6.07) is 6.80. The van der Waals surface area contributed by atoms with Crippen LogP contribution in [0.25, 0.3) is 0 Å². The first-order chi connectivity index (χ1) is 11.4. The standard InChI is InChI=1S/C16H22N4O3S/c1-5-20(6-2)24(21,22)14-8-10-16(17-11-14)19-18-13(4)15-9-7-12(3)23-15/h7-11H,5-6H2,1-4H3,(H,17,19). The van der Waals surface area contributed by atoms with Crippen molar-refractivity contribution in [2.75, 3.05) is 18.5 Å². The smallest absolute Gasteiger partial charge is 0.244 e. The minimum atomic E-state index is -3.50. The Kier molecular flexibility index (Phi) is 5.74. The third-order valence-electron chi connectivity index (χ3n) is 3.51. The summed E-state index contributed by atoms with van der Waals surface area (Å²) in [6.45, 7) is 8.12. The molecule has 0 saturated heterocycles. The van der Waals surface area contributed by atoms with Crippen LogP contribution in [0.3, 0.4) is 0 Å². The highest BCUT2D eigenvalue weighted by molar-refractivity contribution is 7.89.